The van der Waals surface area contributed by atoms with Crippen molar-refractivity contribution in [1.82, 2.24) is 19.1 Å². The number of piperazine rings is 1. The van der Waals surface area contributed by atoms with E-state index in [9.17, 15) is 13.2 Å². The minimum atomic E-state index is -3.61. The van der Waals surface area contributed by atoms with Crippen LogP contribution in [0, 0.1) is 13.8 Å². The first-order valence-corrected chi connectivity index (χ1v) is 11.8. The highest BCUT2D eigenvalue weighted by atomic mass is 32.2. The lowest BCUT2D eigenvalue weighted by Crippen LogP contribution is -2.49. The minimum absolute atomic E-state index is 0.200. The van der Waals surface area contributed by atoms with E-state index < -0.39 is 10.0 Å². The number of hydrogen-bond acceptors (Lipinski definition) is 6. The summed E-state index contributed by atoms with van der Waals surface area (Å²) in [6, 6.07) is 11.9. The van der Waals surface area contributed by atoms with Crippen LogP contribution in [-0.2, 0) is 14.8 Å². The summed E-state index contributed by atoms with van der Waals surface area (Å²) in [5, 5.41) is 7.30. The fourth-order valence-electron chi connectivity index (χ4n) is 4.01. The van der Waals surface area contributed by atoms with E-state index in [1.807, 2.05) is 36.7 Å². The number of nitrogens with zero attached hydrogens (tertiary/aromatic N) is 5. The molecule has 0 radical (unpaired) electrons. The van der Waals surface area contributed by atoms with Crippen molar-refractivity contribution in [2.24, 2.45) is 0 Å². The van der Waals surface area contributed by atoms with Crippen LogP contribution in [0.15, 0.2) is 53.6 Å². The number of nitrogens with one attached hydrogen (secondary N) is 1. The van der Waals surface area contributed by atoms with Crippen molar-refractivity contribution in [3.8, 4) is 5.82 Å². The highest BCUT2D eigenvalue weighted by molar-refractivity contribution is 7.89. The maximum absolute atomic E-state index is 13.1. The molecule has 1 aliphatic rings. The van der Waals surface area contributed by atoms with Crippen molar-refractivity contribution >= 4 is 27.3 Å². The van der Waals surface area contributed by atoms with Gasteiger partial charge in [-0.2, -0.15) is 9.40 Å². The molecule has 1 fully saturated rings. The third kappa shape index (κ3) is 4.23. The Labute approximate surface area is 187 Å². The normalized spacial score (nSPS) is 15.0. The molecule has 1 saturated heterocycles. The number of carbonyl (C=O) groups is 1. The Morgan fingerprint density at radius 1 is 1.00 bits per heavy atom. The second-order valence-corrected chi connectivity index (χ2v) is 9.65. The Balaban J connectivity index is 1.49. The van der Waals surface area contributed by atoms with Gasteiger partial charge < -0.3 is 10.2 Å². The third-order valence-electron chi connectivity index (χ3n) is 5.49. The Bertz CT molecular complexity index is 1210. The quantitative estimate of drug-likeness (QED) is 0.635. The molecule has 2 aromatic heterocycles. The first kappa shape index (κ1) is 22.0. The van der Waals surface area contributed by atoms with Gasteiger partial charge in [-0.25, -0.2) is 18.1 Å². The maximum Gasteiger partial charge on any atom is 0.243 e. The van der Waals surface area contributed by atoms with Gasteiger partial charge in [0.25, 0.3) is 0 Å². The van der Waals surface area contributed by atoms with E-state index in [2.05, 4.69) is 20.3 Å². The predicted octanol–water partition coefficient (Wildman–Crippen LogP) is 2.35. The number of aromatic nitrogens is 3. The molecule has 1 aromatic carbocycles. The molecular formula is C22H26N6O3S. The van der Waals surface area contributed by atoms with Crippen LogP contribution in [0.4, 0.5) is 11.4 Å². The molecule has 0 bridgehead atoms. The monoisotopic (exact) mass is 454 g/mol. The van der Waals surface area contributed by atoms with Gasteiger partial charge >= 0.3 is 0 Å². The van der Waals surface area contributed by atoms with Crippen LogP contribution in [-0.4, -0.2) is 59.6 Å². The summed E-state index contributed by atoms with van der Waals surface area (Å²) in [5.41, 5.74) is 3.45. The highest BCUT2D eigenvalue weighted by Crippen LogP contribution is 2.28. The van der Waals surface area contributed by atoms with E-state index in [-0.39, 0.29) is 10.8 Å². The number of benzene rings is 1. The SMILES string of the molecule is CC(=O)Nc1ccc(S(=O)(=O)N2CCN(c3c(C)nn(-c4ccccn4)c3C)CC2)cc1. The molecule has 0 spiro atoms. The van der Waals surface area contributed by atoms with E-state index in [1.54, 1.807) is 18.3 Å². The Morgan fingerprint density at radius 2 is 1.69 bits per heavy atom. The molecule has 3 aromatic rings. The Morgan fingerprint density at radius 3 is 2.28 bits per heavy atom. The van der Waals surface area contributed by atoms with Crippen LogP contribution in [0.2, 0.25) is 0 Å². The van der Waals surface area contributed by atoms with Crippen LogP contribution in [0.25, 0.3) is 5.82 Å². The number of aryl methyl sites for hydroxylation is 1. The van der Waals surface area contributed by atoms with Gasteiger partial charge in [0.2, 0.25) is 15.9 Å². The number of amides is 1. The second-order valence-electron chi connectivity index (χ2n) is 7.72. The van der Waals surface area contributed by atoms with Gasteiger partial charge in [-0.05, 0) is 50.2 Å². The largest absolute Gasteiger partial charge is 0.366 e. The van der Waals surface area contributed by atoms with Crippen molar-refractivity contribution in [2.75, 3.05) is 36.4 Å². The second kappa shape index (κ2) is 8.71. The van der Waals surface area contributed by atoms with Gasteiger partial charge in [-0.15, -0.1) is 0 Å². The lowest BCUT2D eigenvalue weighted by Gasteiger charge is -2.35. The summed E-state index contributed by atoms with van der Waals surface area (Å²) < 4.78 is 29.5. The molecule has 9 nitrogen and oxygen atoms in total. The van der Waals surface area contributed by atoms with Crippen molar-refractivity contribution < 1.29 is 13.2 Å². The molecule has 32 heavy (non-hydrogen) atoms. The fraction of sp³-hybridized carbons (Fsp3) is 0.318. The molecule has 168 valence electrons. The standard InChI is InChI=1S/C22H26N6O3S/c1-16-22(17(2)28(25-16)21-6-4-5-11-23-21)26-12-14-27(15-13-26)32(30,31)20-9-7-19(8-10-20)24-18(3)29/h4-11H,12-15H2,1-3H3,(H,24,29). The zero-order valence-corrected chi connectivity index (χ0v) is 19.1. The van der Waals surface area contributed by atoms with E-state index in [4.69, 9.17) is 0 Å². The van der Waals surface area contributed by atoms with Gasteiger partial charge in [0.05, 0.1) is 22.0 Å². The molecular weight excluding hydrogens is 428 g/mol. The molecule has 0 aliphatic carbocycles. The van der Waals surface area contributed by atoms with Gasteiger partial charge in [-0.3, -0.25) is 4.79 Å². The summed E-state index contributed by atoms with van der Waals surface area (Å²) >= 11 is 0. The van der Waals surface area contributed by atoms with Crippen LogP contribution in [0.1, 0.15) is 18.3 Å². The van der Waals surface area contributed by atoms with Gasteiger partial charge in [0.1, 0.15) is 0 Å². The van der Waals surface area contributed by atoms with E-state index in [1.165, 1.54) is 23.4 Å². The Kier molecular flexibility index (Phi) is 5.98. The number of hydrogen-bond donors (Lipinski definition) is 1. The van der Waals surface area contributed by atoms with Crippen LogP contribution in [0.3, 0.4) is 0 Å². The summed E-state index contributed by atoms with van der Waals surface area (Å²) in [7, 11) is -3.61. The average Bonchev–Trinajstić information content (AvgIpc) is 3.08. The molecule has 1 amide bonds. The molecule has 0 unspecified atom stereocenters. The lowest BCUT2D eigenvalue weighted by molar-refractivity contribution is -0.114. The number of carbonyl (C=O) groups excluding carboxylic acids is 1. The summed E-state index contributed by atoms with van der Waals surface area (Å²) in [6.07, 6.45) is 1.73. The van der Waals surface area contributed by atoms with Gasteiger partial charge in [0.15, 0.2) is 5.82 Å². The molecule has 1 N–H and O–H groups in total. The summed E-state index contributed by atoms with van der Waals surface area (Å²) in [4.78, 5) is 18.0. The average molecular weight is 455 g/mol. The van der Waals surface area contributed by atoms with Gasteiger partial charge in [-0.1, -0.05) is 6.07 Å². The third-order valence-corrected chi connectivity index (χ3v) is 7.40. The van der Waals surface area contributed by atoms with Gasteiger partial charge in [0, 0.05) is 45.0 Å². The first-order valence-electron chi connectivity index (χ1n) is 10.4. The summed E-state index contributed by atoms with van der Waals surface area (Å²) in [5.74, 6) is 0.553. The molecule has 3 heterocycles. The van der Waals surface area contributed by atoms with Crippen LogP contribution in [0.5, 0.6) is 0 Å². The highest BCUT2D eigenvalue weighted by Gasteiger charge is 2.30. The van der Waals surface area contributed by atoms with Crippen LogP contribution >= 0.6 is 0 Å². The number of rotatable bonds is 5. The number of pyridine rings is 1. The molecule has 0 atom stereocenters. The molecule has 10 heteroatoms. The van der Waals surface area contributed by atoms with E-state index in [0.717, 1.165) is 22.9 Å². The van der Waals surface area contributed by atoms with E-state index >= 15 is 0 Å². The van der Waals surface area contributed by atoms with Crippen LogP contribution < -0.4 is 10.2 Å². The zero-order valence-electron chi connectivity index (χ0n) is 18.3. The maximum atomic E-state index is 13.1. The summed E-state index contributed by atoms with van der Waals surface area (Å²) in [6.45, 7) is 7.27. The van der Waals surface area contributed by atoms with Crippen molar-refractivity contribution in [3.05, 3.63) is 60.0 Å². The van der Waals surface area contributed by atoms with Crippen molar-refractivity contribution in [2.45, 2.75) is 25.7 Å². The predicted molar refractivity (Wildman–Crippen MR) is 123 cm³/mol. The smallest absolute Gasteiger partial charge is 0.243 e. The topological polar surface area (TPSA) is 100 Å². The zero-order chi connectivity index (χ0) is 22.9. The van der Waals surface area contributed by atoms with Crippen molar-refractivity contribution in [3.63, 3.8) is 0 Å². The molecule has 1 aliphatic heterocycles. The molecule has 4 rings (SSSR count). The van der Waals surface area contributed by atoms with Crippen molar-refractivity contribution in [1.29, 1.82) is 0 Å². The first-order chi connectivity index (χ1) is 15.3. The molecule has 0 saturated carbocycles. The lowest BCUT2D eigenvalue weighted by atomic mass is 10.2. The minimum Gasteiger partial charge on any atom is -0.366 e. The van der Waals surface area contributed by atoms with E-state index in [0.29, 0.717) is 31.9 Å². The fourth-order valence-corrected chi connectivity index (χ4v) is 5.43. The number of sulfonamides is 1. The Hall–Kier alpha value is -3.24. The number of anilines is 2.